The fourth-order valence-corrected chi connectivity index (χ4v) is 5.04. The van der Waals surface area contributed by atoms with Gasteiger partial charge in [-0.2, -0.15) is 4.31 Å². The Kier molecular flexibility index (Phi) is 6.26. The molecule has 1 heterocycles. The fourth-order valence-electron chi connectivity index (χ4n) is 3.02. The maximum atomic E-state index is 12.8. The number of carbonyl (C=O) groups excluding carboxylic acids is 1. The minimum Gasteiger partial charge on any atom is -0.497 e. The zero-order valence-corrected chi connectivity index (χ0v) is 18.0. The number of hydrogen-bond acceptors (Lipinski definition) is 5. The number of methoxy groups -OCH3 is 2. The molecule has 0 bridgehead atoms. The Morgan fingerprint density at radius 1 is 0.964 bits per heavy atom. The smallest absolute Gasteiger partial charge is 0.254 e. The quantitative estimate of drug-likeness (QED) is 0.673. The minimum absolute atomic E-state index is 0.184. The molecular weight excluding hydrogens is 448 g/mol. The molecule has 1 fully saturated rings. The van der Waals surface area contributed by atoms with Crippen LogP contribution in [-0.2, 0) is 10.0 Å². The van der Waals surface area contributed by atoms with Crippen LogP contribution < -0.4 is 9.47 Å². The first-order valence-electron chi connectivity index (χ1n) is 8.63. The van der Waals surface area contributed by atoms with E-state index < -0.39 is 10.0 Å². The summed E-state index contributed by atoms with van der Waals surface area (Å²) in [5, 5.41) is 0. The van der Waals surface area contributed by atoms with E-state index in [1.807, 2.05) is 0 Å². The van der Waals surface area contributed by atoms with Crippen molar-refractivity contribution >= 4 is 31.9 Å². The maximum absolute atomic E-state index is 12.8. The third-order valence-corrected chi connectivity index (χ3v) is 6.95. The normalized spacial score (nSPS) is 15.3. The number of sulfonamides is 1. The summed E-state index contributed by atoms with van der Waals surface area (Å²) >= 11 is 3.30. The maximum Gasteiger partial charge on any atom is 0.254 e. The van der Waals surface area contributed by atoms with E-state index in [1.54, 1.807) is 47.4 Å². The van der Waals surface area contributed by atoms with E-state index in [0.717, 1.165) is 0 Å². The van der Waals surface area contributed by atoms with Crippen LogP contribution in [0.1, 0.15) is 10.4 Å². The number of ether oxygens (including phenoxy) is 2. The largest absolute Gasteiger partial charge is 0.497 e. The van der Waals surface area contributed by atoms with Crippen LogP contribution in [0.4, 0.5) is 0 Å². The second-order valence-electron chi connectivity index (χ2n) is 6.26. The fraction of sp³-hybridized carbons (Fsp3) is 0.316. The van der Waals surface area contributed by atoms with Gasteiger partial charge in [0, 0.05) is 42.3 Å². The highest BCUT2D eigenvalue weighted by Gasteiger charge is 2.30. The van der Waals surface area contributed by atoms with Crippen molar-refractivity contribution in [2.75, 3.05) is 40.4 Å². The molecular formula is C19H21BrN2O5S. The first-order chi connectivity index (χ1) is 13.3. The van der Waals surface area contributed by atoms with E-state index in [9.17, 15) is 13.2 Å². The predicted molar refractivity (Wildman–Crippen MR) is 108 cm³/mol. The number of piperazine rings is 1. The molecule has 1 amide bonds. The summed E-state index contributed by atoms with van der Waals surface area (Å²) in [6.07, 6.45) is 0. The highest BCUT2D eigenvalue weighted by atomic mass is 79.9. The van der Waals surface area contributed by atoms with Crippen molar-refractivity contribution < 1.29 is 22.7 Å². The molecule has 0 atom stereocenters. The van der Waals surface area contributed by atoms with E-state index in [1.165, 1.54) is 18.5 Å². The van der Waals surface area contributed by atoms with Gasteiger partial charge in [-0.3, -0.25) is 4.79 Å². The lowest BCUT2D eigenvalue weighted by Gasteiger charge is -2.34. The number of amides is 1. The van der Waals surface area contributed by atoms with Crippen molar-refractivity contribution in [3.8, 4) is 11.5 Å². The molecule has 7 nitrogen and oxygen atoms in total. The van der Waals surface area contributed by atoms with E-state index >= 15 is 0 Å². The third kappa shape index (κ3) is 4.31. The topological polar surface area (TPSA) is 76.2 Å². The Balaban J connectivity index is 1.72. The Labute approximate surface area is 173 Å². The lowest BCUT2D eigenvalue weighted by molar-refractivity contribution is 0.0697. The van der Waals surface area contributed by atoms with Crippen LogP contribution in [0.3, 0.4) is 0 Å². The van der Waals surface area contributed by atoms with Gasteiger partial charge in [0.2, 0.25) is 10.0 Å². The molecule has 3 rings (SSSR count). The van der Waals surface area contributed by atoms with Crippen LogP contribution in [0.15, 0.2) is 51.8 Å². The molecule has 28 heavy (non-hydrogen) atoms. The summed E-state index contributed by atoms with van der Waals surface area (Å²) < 4.78 is 38.2. The van der Waals surface area contributed by atoms with Crippen molar-refractivity contribution in [3.05, 3.63) is 52.5 Å². The summed E-state index contributed by atoms with van der Waals surface area (Å²) in [7, 11) is -0.549. The van der Waals surface area contributed by atoms with Crippen molar-refractivity contribution in [2.45, 2.75) is 4.90 Å². The molecule has 1 aliphatic heterocycles. The Hall–Kier alpha value is -2.10. The number of rotatable bonds is 5. The van der Waals surface area contributed by atoms with Crippen molar-refractivity contribution in [1.29, 1.82) is 0 Å². The van der Waals surface area contributed by atoms with Crippen LogP contribution >= 0.6 is 15.9 Å². The van der Waals surface area contributed by atoms with Crippen molar-refractivity contribution in [3.63, 3.8) is 0 Å². The van der Waals surface area contributed by atoms with Crippen molar-refractivity contribution in [2.24, 2.45) is 0 Å². The molecule has 0 radical (unpaired) electrons. The minimum atomic E-state index is -3.59. The summed E-state index contributed by atoms with van der Waals surface area (Å²) in [5.41, 5.74) is 0.444. The lowest BCUT2D eigenvalue weighted by Crippen LogP contribution is -2.50. The number of halogens is 1. The highest BCUT2D eigenvalue weighted by molar-refractivity contribution is 9.10. The molecule has 9 heteroatoms. The third-order valence-electron chi connectivity index (χ3n) is 4.56. The van der Waals surface area contributed by atoms with Crippen LogP contribution in [0.2, 0.25) is 0 Å². The summed E-state index contributed by atoms with van der Waals surface area (Å²) in [4.78, 5) is 14.7. The first kappa shape index (κ1) is 20.6. The van der Waals surface area contributed by atoms with Gasteiger partial charge in [0.25, 0.3) is 5.91 Å². The van der Waals surface area contributed by atoms with E-state index in [4.69, 9.17) is 9.47 Å². The van der Waals surface area contributed by atoms with E-state index in [0.29, 0.717) is 34.6 Å². The second kappa shape index (κ2) is 8.50. The van der Waals surface area contributed by atoms with Gasteiger partial charge >= 0.3 is 0 Å². The van der Waals surface area contributed by atoms with Gasteiger partial charge in [0.05, 0.1) is 19.1 Å². The first-order valence-corrected chi connectivity index (χ1v) is 10.9. The molecule has 1 saturated heterocycles. The van der Waals surface area contributed by atoms with Crippen LogP contribution in [0.5, 0.6) is 11.5 Å². The van der Waals surface area contributed by atoms with Gasteiger partial charge in [0.15, 0.2) is 0 Å². The molecule has 150 valence electrons. The molecule has 0 aliphatic carbocycles. The number of benzene rings is 2. The van der Waals surface area contributed by atoms with E-state index in [-0.39, 0.29) is 23.9 Å². The summed E-state index contributed by atoms with van der Waals surface area (Å²) in [6.45, 7) is 1.10. The van der Waals surface area contributed by atoms with Gasteiger partial charge in [0.1, 0.15) is 11.5 Å². The van der Waals surface area contributed by atoms with Gasteiger partial charge in [-0.05, 0) is 30.3 Å². The van der Waals surface area contributed by atoms with Crippen LogP contribution in [0, 0.1) is 0 Å². The van der Waals surface area contributed by atoms with Crippen LogP contribution in [-0.4, -0.2) is 63.9 Å². The number of hydrogen-bond donors (Lipinski definition) is 0. The number of nitrogens with zero attached hydrogens (tertiary/aromatic N) is 2. The molecule has 2 aromatic carbocycles. The second-order valence-corrected chi connectivity index (χ2v) is 9.11. The summed E-state index contributed by atoms with van der Waals surface area (Å²) in [5.74, 6) is 0.869. The molecule has 0 saturated carbocycles. The van der Waals surface area contributed by atoms with Gasteiger partial charge in [-0.1, -0.05) is 22.0 Å². The highest BCUT2D eigenvalue weighted by Crippen LogP contribution is 2.25. The summed E-state index contributed by atoms with van der Waals surface area (Å²) in [6, 6.07) is 11.6. The zero-order valence-electron chi connectivity index (χ0n) is 15.6. The van der Waals surface area contributed by atoms with E-state index in [2.05, 4.69) is 15.9 Å². The Morgan fingerprint density at radius 2 is 1.57 bits per heavy atom. The molecule has 2 aromatic rings. The molecule has 0 N–H and O–H groups in total. The van der Waals surface area contributed by atoms with Gasteiger partial charge < -0.3 is 14.4 Å². The number of carbonyl (C=O) groups is 1. The zero-order chi connectivity index (χ0) is 20.3. The molecule has 0 spiro atoms. The average Bonchev–Trinajstić information content (AvgIpc) is 2.72. The monoisotopic (exact) mass is 468 g/mol. The average molecular weight is 469 g/mol. The SMILES string of the molecule is COc1cc(OC)cc(C(=O)N2CCN(S(=O)(=O)c3cccc(Br)c3)CC2)c1. The van der Waals surface area contributed by atoms with Crippen molar-refractivity contribution in [1.82, 2.24) is 9.21 Å². The molecule has 0 aromatic heterocycles. The van der Waals surface area contributed by atoms with Gasteiger partial charge in [-0.15, -0.1) is 0 Å². The Morgan fingerprint density at radius 3 is 2.11 bits per heavy atom. The van der Waals surface area contributed by atoms with Crippen LogP contribution in [0.25, 0.3) is 0 Å². The standard InChI is InChI=1S/C19H21BrN2O5S/c1-26-16-10-14(11-17(13-16)27-2)19(23)21-6-8-22(9-7-21)28(24,25)18-5-3-4-15(20)12-18/h3-5,10-13H,6-9H2,1-2H3. The predicted octanol–water partition coefficient (Wildman–Crippen LogP) is 2.61. The van der Waals surface area contributed by atoms with Gasteiger partial charge in [-0.25, -0.2) is 8.42 Å². The Bertz CT molecular complexity index is 950. The molecule has 1 aliphatic rings. The lowest BCUT2D eigenvalue weighted by atomic mass is 10.1. The molecule has 0 unspecified atom stereocenters.